The number of nitrogens with one attached hydrogen (secondary N) is 1. The van der Waals surface area contributed by atoms with Crippen molar-refractivity contribution in [1.29, 1.82) is 0 Å². The fourth-order valence-electron chi connectivity index (χ4n) is 2.04. The van der Waals surface area contributed by atoms with Crippen molar-refractivity contribution in [2.45, 2.75) is 12.5 Å². The van der Waals surface area contributed by atoms with Crippen LogP contribution < -0.4 is 5.32 Å². The number of rotatable bonds is 4. The maximum absolute atomic E-state index is 13.3. The van der Waals surface area contributed by atoms with Crippen molar-refractivity contribution in [1.82, 2.24) is 5.32 Å². The minimum Gasteiger partial charge on any atom is -0.313 e. The average molecular weight is 377 g/mol. The molecule has 0 aromatic heterocycles. The Balaban J connectivity index is 2.28. The molecule has 0 fully saturated rings. The van der Waals surface area contributed by atoms with E-state index >= 15 is 0 Å². The van der Waals surface area contributed by atoms with Gasteiger partial charge in [-0.3, -0.25) is 0 Å². The van der Waals surface area contributed by atoms with Gasteiger partial charge in [0.15, 0.2) is 0 Å². The molecule has 0 saturated heterocycles. The van der Waals surface area contributed by atoms with Gasteiger partial charge in [-0.2, -0.15) is 0 Å². The van der Waals surface area contributed by atoms with Crippen LogP contribution in [-0.2, 0) is 6.42 Å². The molecule has 2 aromatic carbocycles. The van der Waals surface area contributed by atoms with Gasteiger partial charge in [0.2, 0.25) is 0 Å². The molecule has 0 spiro atoms. The van der Waals surface area contributed by atoms with Crippen LogP contribution in [0.5, 0.6) is 0 Å². The Morgan fingerprint density at radius 3 is 2.65 bits per heavy atom. The van der Waals surface area contributed by atoms with E-state index < -0.39 is 0 Å². The fourth-order valence-corrected chi connectivity index (χ4v) is 2.84. The van der Waals surface area contributed by atoms with Crippen LogP contribution in [0.3, 0.4) is 0 Å². The number of halogens is 4. The van der Waals surface area contributed by atoms with Crippen molar-refractivity contribution < 1.29 is 4.39 Å². The van der Waals surface area contributed by atoms with E-state index in [9.17, 15) is 4.39 Å². The molecule has 0 heterocycles. The zero-order valence-corrected chi connectivity index (χ0v) is 13.9. The first kappa shape index (κ1) is 15.8. The summed E-state index contributed by atoms with van der Waals surface area (Å²) in [7, 11) is 1.86. The van der Waals surface area contributed by atoms with Crippen molar-refractivity contribution in [3.05, 3.63) is 67.9 Å². The van der Waals surface area contributed by atoms with E-state index in [1.54, 1.807) is 18.2 Å². The van der Waals surface area contributed by atoms with Crippen molar-refractivity contribution in [3.63, 3.8) is 0 Å². The maximum Gasteiger partial charge on any atom is 0.137 e. The first-order chi connectivity index (χ1) is 9.52. The van der Waals surface area contributed by atoms with E-state index in [0.29, 0.717) is 20.9 Å². The maximum atomic E-state index is 13.3. The topological polar surface area (TPSA) is 12.0 Å². The van der Waals surface area contributed by atoms with Crippen LogP contribution in [0.1, 0.15) is 17.2 Å². The lowest BCUT2D eigenvalue weighted by atomic mass is 9.99. The summed E-state index contributed by atoms with van der Waals surface area (Å²) in [4.78, 5) is 0. The number of benzene rings is 2. The highest BCUT2D eigenvalue weighted by molar-refractivity contribution is 9.10. The van der Waals surface area contributed by atoms with Gasteiger partial charge in [-0.25, -0.2) is 4.39 Å². The highest BCUT2D eigenvalue weighted by Gasteiger charge is 2.14. The molecule has 0 aliphatic heterocycles. The predicted molar refractivity (Wildman–Crippen MR) is 86.1 cm³/mol. The molecule has 0 radical (unpaired) electrons. The van der Waals surface area contributed by atoms with Gasteiger partial charge in [-0.1, -0.05) is 41.4 Å². The van der Waals surface area contributed by atoms with Crippen LogP contribution in [0.4, 0.5) is 4.39 Å². The van der Waals surface area contributed by atoms with Crippen LogP contribution >= 0.6 is 39.1 Å². The molecule has 0 aliphatic carbocycles. The molecule has 0 amide bonds. The van der Waals surface area contributed by atoms with Crippen LogP contribution in [0.25, 0.3) is 0 Å². The summed E-state index contributed by atoms with van der Waals surface area (Å²) >= 11 is 15.4. The van der Waals surface area contributed by atoms with E-state index in [0.717, 1.165) is 11.1 Å². The summed E-state index contributed by atoms with van der Waals surface area (Å²) in [6, 6.07) is 10.6. The Morgan fingerprint density at radius 1 is 1.25 bits per heavy atom. The fraction of sp³-hybridized carbons (Fsp3) is 0.200. The van der Waals surface area contributed by atoms with Gasteiger partial charge in [0.25, 0.3) is 0 Å². The van der Waals surface area contributed by atoms with Gasteiger partial charge in [0.1, 0.15) is 5.82 Å². The van der Waals surface area contributed by atoms with Gasteiger partial charge in [0, 0.05) is 6.04 Å². The van der Waals surface area contributed by atoms with Crippen LogP contribution in [0.2, 0.25) is 10.0 Å². The molecule has 2 rings (SSSR count). The van der Waals surface area contributed by atoms with Crippen molar-refractivity contribution >= 4 is 39.1 Å². The first-order valence-corrected chi connectivity index (χ1v) is 7.63. The Hall–Kier alpha value is -0.610. The van der Waals surface area contributed by atoms with E-state index in [4.69, 9.17) is 23.2 Å². The normalized spacial score (nSPS) is 12.4. The third-order valence-electron chi connectivity index (χ3n) is 3.15. The highest BCUT2D eigenvalue weighted by atomic mass is 79.9. The molecule has 0 aliphatic rings. The molecule has 1 atom stereocenters. The Bertz CT molecular complexity index is 619. The lowest BCUT2D eigenvalue weighted by molar-refractivity contribution is 0.584. The largest absolute Gasteiger partial charge is 0.313 e. The predicted octanol–water partition coefficient (Wildman–Crippen LogP) is 5.40. The molecule has 1 nitrogen and oxygen atoms in total. The van der Waals surface area contributed by atoms with Crippen molar-refractivity contribution in [2.24, 2.45) is 0 Å². The number of hydrogen-bond acceptors (Lipinski definition) is 1. The van der Waals surface area contributed by atoms with Gasteiger partial charge in [0.05, 0.1) is 14.5 Å². The zero-order chi connectivity index (χ0) is 14.7. The van der Waals surface area contributed by atoms with Gasteiger partial charge in [-0.15, -0.1) is 0 Å². The summed E-state index contributed by atoms with van der Waals surface area (Å²) < 4.78 is 13.8. The van der Waals surface area contributed by atoms with Crippen LogP contribution in [-0.4, -0.2) is 7.05 Å². The summed E-state index contributed by atoms with van der Waals surface area (Å²) in [5.41, 5.74) is 1.94. The van der Waals surface area contributed by atoms with E-state index in [-0.39, 0.29) is 11.9 Å². The molecule has 0 bridgehead atoms. The van der Waals surface area contributed by atoms with Gasteiger partial charge >= 0.3 is 0 Å². The van der Waals surface area contributed by atoms with E-state index in [1.807, 2.05) is 19.2 Å². The molecule has 1 N–H and O–H groups in total. The van der Waals surface area contributed by atoms with Crippen molar-refractivity contribution in [3.8, 4) is 0 Å². The Kier molecular flexibility index (Phi) is 5.44. The second-order valence-corrected chi connectivity index (χ2v) is 6.07. The Labute approximate surface area is 136 Å². The monoisotopic (exact) mass is 375 g/mol. The van der Waals surface area contributed by atoms with E-state index in [1.165, 1.54) is 6.07 Å². The quantitative estimate of drug-likeness (QED) is 0.753. The highest BCUT2D eigenvalue weighted by Crippen LogP contribution is 2.30. The summed E-state index contributed by atoms with van der Waals surface area (Å²) in [6.45, 7) is 0. The molecular formula is C15H13BrCl2FN. The summed E-state index contributed by atoms with van der Waals surface area (Å²) in [6.07, 6.45) is 0.675. The molecule has 2 aromatic rings. The Morgan fingerprint density at radius 2 is 2.00 bits per heavy atom. The van der Waals surface area contributed by atoms with E-state index in [2.05, 4.69) is 21.2 Å². The standard InChI is InChI=1S/C15H13BrCl2FN/c1-20-14(9-5-6-13(19)11(16)7-9)8-10-3-2-4-12(17)15(10)18/h2-7,14,20H,8H2,1H3. The minimum atomic E-state index is -0.274. The minimum absolute atomic E-state index is 0.0304. The van der Waals surface area contributed by atoms with Crippen LogP contribution in [0.15, 0.2) is 40.9 Å². The van der Waals surface area contributed by atoms with Gasteiger partial charge < -0.3 is 5.32 Å². The van der Waals surface area contributed by atoms with Gasteiger partial charge in [-0.05, 0) is 58.7 Å². The third-order valence-corrected chi connectivity index (χ3v) is 4.62. The second kappa shape index (κ2) is 6.90. The summed E-state index contributed by atoms with van der Waals surface area (Å²) in [5, 5.41) is 4.32. The molecule has 0 saturated carbocycles. The number of hydrogen-bond donors (Lipinski definition) is 1. The third kappa shape index (κ3) is 3.53. The average Bonchev–Trinajstić information content (AvgIpc) is 2.44. The number of likely N-dealkylation sites (N-methyl/N-ethyl adjacent to an activating group) is 1. The first-order valence-electron chi connectivity index (χ1n) is 6.08. The molecule has 106 valence electrons. The second-order valence-electron chi connectivity index (χ2n) is 4.43. The molecule has 1 unspecified atom stereocenters. The summed E-state index contributed by atoms with van der Waals surface area (Å²) in [5.74, 6) is -0.274. The molecule has 20 heavy (non-hydrogen) atoms. The van der Waals surface area contributed by atoms with Crippen LogP contribution in [0, 0.1) is 5.82 Å². The lowest BCUT2D eigenvalue weighted by Crippen LogP contribution is -2.19. The molecule has 5 heteroatoms. The van der Waals surface area contributed by atoms with Crippen molar-refractivity contribution in [2.75, 3.05) is 7.05 Å². The zero-order valence-electron chi connectivity index (χ0n) is 10.8. The smallest absolute Gasteiger partial charge is 0.137 e. The SMILES string of the molecule is CNC(Cc1cccc(Cl)c1Cl)c1ccc(F)c(Br)c1. The molecular weight excluding hydrogens is 364 g/mol. The lowest BCUT2D eigenvalue weighted by Gasteiger charge is -2.18.